The number of hydrogen-bond donors (Lipinski definition) is 2. The molecule has 0 fully saturated rings. The van der Waals surface area contributed by atoms with Gasteiger partial charge in [-0.1, -0.05) is 17.7 Å². The van der Waals surface area contributed by atoms with Gasteiger partial charge in [0.15, 0.2) is 0 Å². The highest BCUT2D eigenvalue weighted by Crippen LogP contribution is 2.34. The molecule has 5 nitrogen and oxygen atoms in total. The van der Waals surface area contributed by atoms with Crippen LogP contribution in [-0.4, -0.2) is 26.7 Å². The summed E-state index contributed by atoms with van der Waals surface area (Å²) in [6.45, 7) is 3.26. The molecule has 1 aromatic heterocycles. The van der Waals surface area contributed by atoms with E-state index in [9.17, 15) is 19.8 Å². The summed E-state index contributed by atoms with van der Waals surface area (Å²) in [6.07, 6.45) is 0. The van der Waals surface area contributed by atoms with Gasteiger partial charge in [-0.25, -0.2) is 0 Å². The van der Waals surface area contributed by atoms with Gasteiger partial charge in [0.2, 0.25) is 0 Å². The van der Waals surface area contributed by atoms with Crippen LogP contribution in [0.4, 0.5) is 0 Å². The molecule has 1 atom stereocenters. The number of nitrogens with zero attached hydrogens (tertiary/aromatic N) is 1. The van der Waals surface area contributed by atoms with E-state index in [-0.39, 0.29) is 11.7 Å². The first kappa shape index (κ1) is 17.0. The number of benzene rings is 2. The Bertz CT molecular complexity index is 1010. The zero-order valence-electron chi connectivity index (χ0n) is 13.7. The van der Waals surface area contributed by atoms with Crippen LogP contribution >= 0.6 is 11.6 Å². The molecule has 0 saturated carbocycles. The summed E-state index contributed by atoms with van der Waals surface area (Å²) in [7, 11) is 0. The fraction of sp³-hybridized carbons (Fsp3) is 0.158. The zero-order chi connectivity index (χ0) is 18.3. The summed E-state index contributed by atoms with van der Waals surface area (Å²) in [5, 5.41) is 20.2. The first-order chi connectivity index (χ1) is 11.8. The number of fused-ring (bicyclic) bond motifs is 1. The Morgan fingerprint density at radius 2 is 1.88 bits per heavy atom. The number of rotatable bonds is 3. The van der Waals surface area contributed by atoms with Gasteiger partial charge in [0.1, 0.15) is 5.75 Å². The van der Waals surface area contributed by atoms with Gasteiger partial charge < -0.3 is 10.2 Å². The van der Waals surface area contributed by atoms with E-state index in [2.05, 4.69) is 0 Å². The van der Waals surface area contributed by atoms with Crippen molar-refractivity contribution in [2.45, 2.75) is 19.8 Å². The van der Waals surface area contributed by atoms with Crippen LogP contribution in [0, 0.1) is 6.92 Å². The van der Waals surface area contributed by atoms with Crippen LogP contribution in [0.25, 0.3) is 10.9 Å². The minimum atomic E-state index is -0.999. The van der Waals surface area contributed by atoms with Crippen molar-refractivity contribution in [2.24, 2.45) is 0 Å². The second-order valence-corrected chi connectivity index (χ2v) is 6.35. The highest BCUT2D eigenvalue weighted by atomic mass is 35.5. The SMILES string of the molecule is Cc1c(C(C)C(=O)O)c2cc(O)ccc2n1C(=O)c1cccc(Cl)c1. The van der Waals surface area contributed by atoms with Crippen LogP contribution in [0.3, 0.4) is 0 Å². The summed E-state index contributed by atoms with van der Waals surface area (Å²) in [5.41, 5.74) is 1.98. The van der Waals surface area contributed by atoms with Crippen molar-refractivity contribution in [3.05, 3.63) is 64.3 Å². The summed E-state index contributed by atoms with van der Waals surface area (Å²) in [5.74, 6) is -2.11. The smallest absolute Gasteiger partial charge is 0.310 e. The Kier molecular flexibility index (Phi) is 4.27. The Morgan fingerprint density at radius 3 is 2.52 bits per heavy atom. The molecule has 0 aliphatic rings. The number of carbonyl (C=O) groups is 2. The first-order valence-electron chi connectivity index (χ1n) is 7.68. The first-order valence-corrected chi connectivity index (χ1v) is 8.06. The van der Waals surface area contributed by atoms with E-state index in [1.165, 1.54) is 16.7 Å². The number of phenolic OH excluding ortho intramolecular Hbond substituents is 1. The van der Waals surface area contributed by atoms with Crippen LogP contribution in [0.2, 0.25) is 5.02 Å². The van der Waals surface area contributed by atoms with E-state index in [1.54, 1.807) is 44.2 Å². The third kappa shape index (κ3) is 2.87. The minimum absolute atomic E-state index is 0.0127. The van der Waals surface area contributed by atoms with Gasteiger partial charge in [0.25, 0.3) is 5.91 Å². The van der Waals surface area contributed by atoms with E-state index in [0.29, 0.717) is 32.7 Å². The van der Waals surface area contributed by atoms with Crippen LogP contribution in [0.15, 0.2) is 42.5 Å². The molecule has 6 heteroatoms. The number of carbonyl (C=O) groups excluding carboxylic acids is 1. The van der Waals surface area contributed by atoms with Gasteiger partial charge >= 0.3 is 5.97 Å². The van der Waals surface area contributed by atoms with Gasteiger partial charge in [0.05, 0.1) is 11.4 Å². The van der Waals surface area contributed by atoms with Gasteiger partial charge in [-0.15, -0.1) is 0 Å². The molecule has 128 valence electrons. The second-order valence-electron chi connectivity index (χ2n) is 5.91. The normalized spacial score (nSPS) is 12.3. The summed E-state index contributed by atoms with van der Waals surface area (Å²) in [4.78, 5) is 24.5. The van der Waals surface area contributed by atoms with Crippen molar-refractivity contribution in [2.75, 3.05) is 0 Å². The van der Waals surface area contributed by atoms with Crippen LogP contribution < -0.4 is 0 Å². The number of aliphatic carboxylic acids is 1. The van der Waals surface area contributed by atoms with Crippen molar-refractivity contribution < 1.29 is 19.8 Å². The molecular weight excluding hydrogens is 342 g/mol. The second kappa shape index (κ2) is 6.26. The largest absolute Gasteiger partial charge is 0.508 e. The molecule has 0 aliphatic carbocycles. The number of hydrogen-bond acceptors (Lipinski definition) is 3. The van der Waals surface area contributed by atoms with Gasteiger partial charge in [-0.05, 0) is 55.8 Å². The zero-order valence-corrected chi connectivity index (χ0v) is 14.4. The number of phenols is 1. The third-order valence-corrected chi connectivity index (χ3v) is 4.55. The molecule has 0 spiro atoms. The van der Waals surface area contributed by atoms with Gasteiger partial charge in [-0.3, -0.25) is 14.2 Å². The molecule has 0 aliphatic heterocycles. The molecule has 0 bridgehead atoms. The Labute approximate surface area is 149 Å². The molecule has 2 aromatic carbocycles. The summed E-state index contributed by atoms with van der Waals surface area (Å²) >= 11 is 5.98. The van der Waals surface area contributed by atoms with E-state index in [4.69, 9.17) is 11.6 Å². The number of carboxylic acids is 1. The van der Waals surface area contributed by atoms with Crippen molar-refractivity contribution in [1.82, 2.24) is 4.57 Å². The van der Waals surface area contributed by atoms with E-state index in [0.717, 1.165) is 0 Å². The minimum Gasteiger partial charge on any atom is -0.508 e. The third-order valence-electron chi connectivity index (χ3n) is 4.31. The number of aromatic nitrogens is 1. The lowest BCUT2D eigenvalue weighted by Crippen LogP contribution is -2.15. The molecule has 1 unspecified atom stereocenters. The van der Waals surface area contributed by atoms with Crippen LogP contribution in [0.1, 0.15) is 34.5 Å². The Balaban J connectivity index is 2.30. The predicted octanol–water partition coefficient (Wildman–Crippen LogP) is 4.19. The van der Waals surface area contributed by atoms with E-state index < -0.39 is 11.9 Å². The number of carboxylic acid groups (broad SMARTS) is 1. The van der Waals surface area contributed by atoms with Gasteiger partial charge in [0, 0.05) is 21.7 Å². The molecular formula is C19H16ClNO4. The lowest BCUT2D eigenvalue weighted by molar-refractivity contribution is -0.138. The predicted molar refractivity (Wildman–Crippen MR) is 95.6 cm³/mol. The van der Waals surface area contributed by atoms with Crippen molar-refractivity contribution in [1.29, 1.82) is 0 Å². The fourth-order valence-corrected chi connectivity index (χ4v) is 3.30. The average molecular weight is 358 g/mol. The fourth-order valence-electron chi connectivity index (χ4n) is 3.11. The maximum Gasteiger partial charge on any atom is 0.310 e. The summed E-state index contributed by atoms with van der Waals surface area (Å²) < 4.78 is 1.47. The highest BCUT2D eigenvalue weighted by molar-refractivity contribution is 6.31. The van der Waals surface area contributed by atoms with Crippen molar-refractivity contribution in [3.8, 4) is 5.75 Å². The molecule has 3 rings (SSSR count). The summed E-state index contributed by atoms with van der Waals surface area (Å²) in [6, 6.07) is 11.1. The van der Waals surface area contributed by atoms with Gasteiger partial charge in [-0.2, -0.15) is 0 Å². The van der Waals surface area contributed by atoms with E-state index >= 15 is 0 Å². The van der Waals surface area contributed by atoms with Crippen molar-refractivity contribution >= 4 is 34.4 Å². The van der Waals surface area contributed by atoms with Crippen LogP contribution in [0.5, 0.6) is 5.75 Å². The molecule has 25 heavy (non-hydrogen) atoms. The quantitative estimate of drug-likeness (QED) is 0.736. The Morgan fingerprint density at radius 1 is 1.16 bits per heavy atom. The topological polar surface area (TPSA) is 79.5 Å². The lowest BCUT2D eigenvalue weighted by Gasteiger charge is -2.09. The Hall–Kier alpha value is -2.79. The molecule has 2 N–H and O–H groups in total. The maximum atomic E-state index is 13.0. The molecule has 1 heterocycles. The lowest BCUT2D eigenvalue weighted by atomic mass is 9.98. The standard InChI is InChI=1S/C19H16ClNO4/c1-10(19(24)25)17-11(2)21(16-7-6-14(22)9-15(16)17)18(23)12-4-3-5-13(20)8-12/h3-10,22H,1-2H3,(H,24,25). The van der Waals surface area contributed by atoms with Crippen LogP contribution in [-0.2, 0) is 4.79 Å². The molecule has 0 saturated heterocycles. The average Bonchev–Trinajstić information content (AvgIpc) is 2.84. The number of aromatic hydroxyl groups is 1. The molecule has 0 amide bonds. The molecule has 0 radical (unpaired) electrons. The monoisotopic (exact) mass is 357 g/mol. The van der Waals surface area contributed by atoms with E-state index in [1.807, 2.05) is 0 Å². The number of halogens is 1. The van der Waals surface area contributed by atoms with Crippen molar-refractivity contribution in [3.63, 3.8) is 0 Å². The maximum absolute atomic E-state index is 13.0. The highest BCUT2D eigenvalue weighted by Gasteiger charge is 2.26. The molecule has 3 aromatic rings.